The minimum atomic E-state index is -4.53. The van der Waals surface area contributed by atoms with Crippen LogP contribution >= 0.6 is 11.3 Å². The van der Waals surface area contributed by atoms with Crippen molar-refractivity contribution < 1.29 is 31.9 Å². The molecule has 176 valence electrons. The third-order valence-electron chi connectivity index (χ3n) is 5.35. The van der Waals surface area contributed by atoms with E-state index in [1.54, 1.807) is 6.92 Å². The second kappa shape index (κ2) is 8.52. The van der Waals surface area contributed by atoms with E-state index in [-0.39, 0.29) is 22.4 Å². The van der Waals surface area contributed by atoms with E-state index < -0.39 is 47.5 Å². The van der Waals surface area contributed by atoms with Crippen LogP contribution in [0.25, 0.3) is 11.1 Å². The molecule has 4 rings (SSSR count). The zero-order chi connectivity index (χ0) is 24.7. The molecule has 7 nitrogen and oxygen atoms in total. The van der Waals surface area contributed by atoms with Crippen LogP contribution in [0.3, 0.4) is 0 Å². The fourth-order valence-corrected chi connectivity index (χ4v) is 4.34. The van der Waals surface area contributed by atoms with E-state index in [2.05, 4.69) is 20.9 Å². The van der Waals surface area contributed by atoms with Gasteiger partial charge in [0.05, 0.1) is 28.9 Å². The first-order chi connectivity index (χ1) is 16.0. The molecule has 0 spiro atoms. The van der Waals surface area contributed by atoms with Crippen LogP contribution in [0.1, 0.15) is 26.5 Å². The fraction of sp³-hybridized carbons (Fsp3) is 0.182. The molecule has 2 aromatic carbocycles. The van der Waals surface area contributed by atoms with Crippen LogP contribution in [0.5, 0.6) is 0 Å². The average molecular weight is 492 g/mol. The van der Waals surface area contributed by atoms with Crippen LogP contribution < -0.4 is 16.0 Å². The highest BCUT2D eigenvalue weighted by Gasteiger charge is 2.50. The molecule has 1 saturated heterocycles. The van der Waals surface area contributed by atoms with Gasteiger partial charge < -0.3 is 10.6 Å². The highest BCUT2D eigenvalue weighted by atomic mass is 32.1. The number of rotatable bonds is 5. The van der Waals surface area contributed by atoms with Gasteiger partial charge in [0, 0.05) is 4.88 Å². The lowest BCUT2D eigenvalue weighted by Gasteiger charge is -2.25. The topological polar surface area (TPSA) is 100 Å². The number of imide groups is 1. The van der Waals surface area contributed by atoms with Crippen LogP contribution in [0.2, 0.25) is 0 Å². The number of nitrogens with one attached hydrogen (secondary N) is 3. The number of hydrogen-bond donors (Lipinski definition) is 3. The zero-order valence-corrected chi connectivity index (χ0v) is 18.2. The summed E-state index contributed by atoms with van der Waals surface area (Å²) in [4.78, 5) is 42.3. The van der Waals surface area contributed by atoms with Crippen LogP contribution in [0, 0.1) is 12.7 Å². The average Bonchev–Trinajstić information content (AvgIpc) is 3.34. The number of hydrogen-bond acceptors (Lipinski definition) is 5. The predicted octanol–water partition coefficient (Wildman–Crippen LogP) is 3.74. The van der Waals surface area contributed by atoms with Crippen LogP contribution in [0.4, 0.5) is 22.4 Å². The van der Waals surface area contributed by atoms with E-state index in [1.807, 2.05) is 0 Å². The highest BCUT2D eigenvalue weighted by Crippen LogP contribution is 2.32. The lowest BCUT2D eigenvalue weighted by Crippen LogP contribution is -2.53. The predicted molar refractivity (Wildman–Crippen MR) is 114 cm³/mol. The summed E-state index contributed by atoms with van der Waals surface area (Å²) in [6.45, 7) is 1.31. The van der Waals surface area contributed by atoms with Crippen molar-refractivity contribution >= 4 is 29.2 Å². The Morgan fingerprint density at radius 2 is 1.85 bits per heavy atom. The lowest BCUT2D eigenvalue weighted by molar-refractivity contribution is -0.137. The van der Waals surface area contributed by atoms with Crippen molar-refractivity contribution in [1.82, 2.24) is 20.9 Å². The second-order valence-corrected chi connectivity index (χ2v) is 8.58. The van der Waals surface area contributed by atoms with Gasteiger partial charge in [-0.2, -0.15) is 13.2 Å². The number of amides is 4. The number of thiazole rings is 1. The van der Waals surface area contributed by atoms with Crippen molar-refractivity contribution in [2.45, 2.75) is 18.6 Å². The summed E-state index contributed by atoms with van der Waals surface area (Å²) in [5.74, 6) is -2.25. The van der Waals surface area contributed by atoms with Crippen molar-refractivity contribution in [2.24, 2.45) is 0 Å². The number of urea groups is 1. The SMILES string of the molecule is Cc1scnc1C1(CNC(=O)c2cc(F)ccc2-c2ccc(C(F)(F)F)cc2)NC(=O)NC1=O. The van der Waals surface area contributed by atoms with E-state index in [0.717, 1.165) is 24.3 Å². The molecule has 1 unspecified atom stereocenters. The van der Waals surface area contributed by atoms with Gasteiger partial charge in [-0.1, -0.05) is 18.2 Å². The van der Waals surface area contributed by atoms with Crippen LogP contribution in [-0.4, -0.2) is 29.4 Å². The number of benzene rings is 2. The van der Waals surface area contributed by atoms with Gasteiger partial charge in [0.1, 0.15) is 5.82 Å². The number of halogens is 4. The van der Waals surface area contributed by atoms with Crippen molar-refractivity contribution in [3.8, 4) is 11.1 Å². The largest absolute Gasteiger partial charge is 0.416 e. The Kier molecular flexibility index (Phi) is 5.86. The molecule has 1 aliphatic heterocycles. The van der Waals surface area contributed by atoms with E-state index >= 15 is 0 Å². The molecule has 34 heavy (non-hydrogen) atoms. The van der Waals surface area contributed by atoms with E-state index in [0.29, 0.717) is 4.88 Å². The molecular weight excluding hydrogens is 476 g/mol. The first-order valence-corrected chi connectivity index (χ1v) is 10.7. The Hall–Kier alpha value is -3.80. The summed E-state index contributed by atoms with van der Waals surface area (Å²) in [5.41, 5.74) is -0.507. The number of aromatic nitrogens is 1. The Bertz CT molecular complexity index is 1290. The molecule has 3 N–H and O–H groups in total. The summed E-state index contributed by atoms with van der Waals surface area (Å²) >= 11 is 1.24. The van der Waals surface area contributed by atoms with E-state index in [1.165, 1.54) is 35.0 Å². The van der Waals surface area contributed by atoms with Crippen molar-refractivity contribution in [3.05, 3.63) is 75.5 Å². The van der Waals surface area contributed by atoms with Crippen molar-refractivity contribution in [3.63, 3.8) is 0 Å². The van der Waals surface area contributed by atoms with Gasteiger partial charge in [0.25, 0.3) is 11.8 Å². The standard InChI is InChI=1S/C22H16F4N4O3S/c1-11-17(28-10-34-11)21(19(32)29-20(33)30-21)9-27-18(31)16-8-14(23)6-7-15(16)12-2-4-13(5-3-12)22(24,25)26/h2-8,10H,9H2,1H3,(H,27,31)(H2,29,30,32,33). The maximum absolute atomic E-state index is 14.0. The van der Waals surface area contributed by atoms with E-state index in [4.69, 9.17) is 0 Å². The molecule has 12 heteroatoms. The summed E-state index contributed by atoms with van der Waals surface area (Å²) in [6.07, 6.45) is -4.53. The quantitative estimate of drug-likeness (QED) is 0.373. The third kappa shape index (κ3) is 4.23. The summed E-state index contributed by atoms with van der Waals surface area (Å²) in [7, 11) is 0. The molecule has 3 aromatic rings. The molecule has 1 fully saturated rings. The highest BCUT2D eigenvalue weighted by molar-refractivity contribution is 7.09. The summed E-state index contributed by atoms with van der Waals surface area (Å²) in [6, 6.07) is 6.61. The molecule has 0 bridgehead atoms. The molecule has 0 saturated carbocycles. The van der Waals surface area contributed by atoms with Gasteiger partial charge in [-0.15, -0.1) is 11.3 Å². The Labute approximate surface area is 194 Å². The molecule has 1 atom stereocenters. The Balaban J connectivity index is 1.65. The van der Waals surface area contributed by atoms with Gasteiger partial charge >= 0.3 is 12.2 Å². The molecule has 0 aliphatic carbocycles. The normalized spacial score (nSPS) is 17.9. The monoisotopic (exact) mass is 492 g/mol. The minimum absolute atomic E-state index is 0.158. The van der Waals surface area contributed by atoms with Crippen molar-refractivity contribution in [2.75, 3.05) is 6.54 Å². The van der Waals surface area contributed by atoms with Crippen LogP contribution in [0.15, 0.2) is 48.0 Å². The van der Waals surface area contributed by atoms with Gasteiger partial charge in [-0.25, -0.2) is 14.2 Å². The van der Waals surface area contributed by atoms with Gasteiger partial charge in [-0.3, -0.25) is 14.9 Å². The number of aryl methyl sites for hydroxylation is 1. The lowest BCUT2D eigenvalue weighted by atomic mass is 9.93. The molecule has 2 heterocycles. The maximum atomic E-state index is 14.0. The molecular formula is C22H16F4N4O3S. The first-order valence-electron chi connectivity index (χ1n) is 9.81. The number of carbonyl (C=O) groups is 3. The number of nitrogens with zero attached hydrogens (tertiary/aromatic N) is 1. The summed E-state index contributed by atoms with van der Waals surface area (Å²) < 4.78 is 52.7. The maximum Gasteiger partial charge on any atom is 0.416 e. The molecule has 4 amide bonds. The Morgan fingerprint density at radius 1 is 1.15 bits per heavy atom. The number of carbonyl (C=O) groups excluding carboxylic acids is 3. The zero-order valence-electron chi connectivity index (χ0n) is 17.4. The number of alkyl halides is 3. The van der Waals surface area contributed by atoms with Gasteiger partial charge in [-0.05, 0) is 42.3 Å². The molecule has 1 aromatic heterocycles. The molecule has 0 radical (unpaired) electrons. The van der Waals surface area contributed by atoms with Crippen LogP contribution in [-0.2, 0) is 16.5 Å². The first kappa shape index (κ1) is 23.4. The molecule has 1 aliphatic rings. The second-order valence-electron chi connectivity index (χ2n) is 7.52. The minimum Gasteiger partial charge on any atom is -0.349 e. The Morgan fingerprint density at radius 3 is 2.41 bits per heavy atom. The third-order valence-corrected chi connectivity index (χ3v) is 6.11. The van der Waals surface area contributed by atoms with E-state index in [9.17, 15) is 31.9 Å². The van der Waals surface area contributed by atoms with Gasteiger partial charge in [0.2, 0.25) is 0 Å². The fourth-order valence-electron chi connectivity index (χ4n) is 3.69. The smallest absolute Gasteiger partial charge is 0.349 e. The van der Waals surface area contributed by atoms with Crippen molar-refractivity contribution in [1.29, 1.82) is 0 Å². The summed E-state index contributed by atoms with van der Waals surface area (Å²) in [5, 5.41) is 7.14. The van der Waals surface area contributed by atoms with Gasteiger partial charge in [0.15, 0.2) is 5.54 Å².